The van der Waals surface area contributed by atoms with Crippen molar-refractivity contribution in [2.45, 2.75) is 49.6 Å². The van der Waals surface area contributed by atoms with E-state index in [1.54, 1.807) is 18.2 Å². The zero-order valence-corrected chi connectivity index (χ0v) is 19.6. The molecule has 6 nitrogen and oxygen atoms in total. The summed E-state index contributed by atoms with van der Waals surface area (Å²) in [5, 5.41) is 4.51. The number of benzene rings is 3. The Balaban J connectivity index is 1.34. The van der Waals surface area contributed by atoms with Gasteiger partial charge in [0.1, 0.15) is 6.54 Å². The number of carbonyl (C=O) groups is 1. The molecule has 0 aromatic heterocycles. The summed E-state index contributed by atoms with van der Waals surface area (Å²) in [6, 6.07) is 19.0. The standard InChI is InChI=1S/C26H29N3O3S/c1-28(21-12-3-2-4-13-21)17-20-9-5-6-14-22(20)27-25(30)18-29-23-15-7-10-19-11-8-16-24(26(19)23)33(29,31)32/h5-11,14-16,21H,2-4,12-13,17-18H2,1H3,(H,27,30). The van der Waals surface area contributed by atoms with E-state index in [0.717, 1.165) is 23.2 Å². The molecule has 1 aliphatic carbocycles. The van der Waals surface area contributed by atoms with Crippen molar-refractivity contribution in [2.24, 2.45) is 0 Å². The first-order chi connectivity index (χ1) is 15.9. The van der Waals surface area contributed by atoms with Gasteiger partial charge in [0.2, 0.25) is 5.91 Å². The summed E-state index contributed by atoms with van der Waals surface area (Å²) in [7, 11) is -1.62. The first-order valence-electron chi connectivity index (χ1n) is 11.6. The van der Waals surface area contributed by atoms with Crippen molar-refractivity contribution in [3.63, 3.8) is 0 Å². The lowest BCUT2D eigenvalue weighted by atomic mass is 9.94. The van der Waals surface area contributed by atoms with Gasteiger partial charge in [-0.05, 0) is 49.0 Å². The average molecular weight is 464 g/mol. The van der Waals surface area contributed by atoms with Crippen LogP contribution in [0.2, 0.25) is 0 Å². The topological polar surface area (TPSA) is 69.7 Å². The highest BCUT2D eigenvalue weighted by atomic mass is 32.2. The molecular weight excluding hydrogens is 434 g/mol. The Hall–Kier alpha value is -2.90. The third kappa shape index (κ3) is 4.11. The predicted molar refractivity (Wildman–Crippen MR) is 132 cm³/mol. The molecule has 1 saturated carbocycles. The zero-order chi connectivity index (χ0) is 23.0. The molecule has 0 bridgehead atoms. The highest BCUT2D eigenvalue weighted by Crippen LogP contribution is 2.41. The molecule has 0 unspecified atom stereocenters. The van der Waals surface area contributed by atoms with Gasteiger partial charge in [0.05, 0.1) is 10.6 Å². The van der Waals surface area contributed by atoms with Gasteiger partial charge in [-0.1, -0.05) is 61.7 Å². The molecule has 3 aromatic carbocycles. The molecule has 1 aliphatic heterocycles. The Labute approximate surface area is 195 Å². The number of nitrogens with zero attached hydrogens (tertiary/aromatic N) is 2. The molecule has 172 valence electrons. The molecule has 1 amide bonds. The lowest BCUT2D eigenvalue weighted by molar-refractivity contribution is -0.114. The Morgan fingerprint density at radius 3 is 2.52 bits per heavy atom. The third-order valence-electron chi connectivity index (χ3n) is 6.88. The Morgan fingerprint density at radius 2 is 1.73 bits per heavy atom. The van der Waals surface area contributed by atoms with Gasteiger partial charge >= 0.3 is 0 Å². The fourth-order valence-corrected chi connectivity index (χ4v) is 6.82. The molecular formula is C26H29N3O3S. The number of rotatable bonds is 6. The molecule has 3 aromatic rings. The van der Waals surface area contributed by atoms with Gasteiger partial charge in [0.15, 0.2) is 0 Å². The summed E-state index contributed by atoms with van der Waals surface area (Å²) in [6.45, 7) is 0.483. The number of amides is 1. The fourth-order valence-electron chi connectivity index (χ4n) is 5.15. The number of hydrogen-bond acceptors (Lipinski definition) is 4. The minimum atomic E-state index is -3.77. The molecule has 5 rings (SSSR count). The van der Waals surface area contributed by atoms with Crippen LogP contribution in [0.15, 0.2) is 65.6 Å². The van der Waals surface area contributed by atoms with Crippen molar-refractivity contribution in [3.05, 3.63) is 66.2 Å². The van der Waals surface area contributed by atoms with Gasteiger partial charge in [-0.15, -0.1) is 0 Å². The van der Waals surface area contributed by atoms with E-state index in [-0.39, 0.29) is 17.3 Å². The summed E-state index contributed by atoms with van der Waals surface area (Å²) in [6.07, 6.45) is 6.28. The van der Waals surface area contributed by atoms with Gasteiger partial charge < -0.3 is 5.32 Å². The molecule has 1 N–H and O–H groups in total. The van der Waals surface area contributed by atoms with Crippen molar-refractivity contribution in [3.8, 4) is 0 Å². The monoisotopic (exact) mass is 463 g/mol. The van der Waals surface area contributed by atoms with Gasteiger partial charge in [-0.3, -0.25) is 14.0 Å². The summed E-state index contributed by atoms with van der Waals surface area (Å²) in [4.78, 5) is 15.7. The van der Waals surface area contributed by atoms with Crippen molar-refractivity contribution < 1.29 is 13.2 Å². The van der Waals surface area contributed by atoms with Crippen LogP contribution in [0.5, 0.6) is 0 Å². The average Bonchev–Trinajstić information content (AvgIpc) is 3.04. The summed E-state index contributed by atoms with van der Waals surface area (Å²) >= 11 is 0. The molecule has 0 saturated heterocycles. The number of sulfonamides is 1. The molecule has 7 heteroatoms. The van der Waals surface area contributed by atoms with Crippen LogP contribution < -0.4 is 9.62 Å². The van der Waals surface area contributed by atoms with E-state index in [1.807, 2.05) is 42.5 Å². The maximum atomic E-state index is 13.2. The Kier molecular flexibility index (Phi) is 5.85. The normalized spacial score (nSPS) is 17.6. The van der Waals surface area contributed by atoms with Crippen LogP contribution >= 0.6 is 0 Å². The maximum Gasteiger partial charge on any atom is 0.265 e. The van der Waals surface area contributed by atoms with Crippen molar-refractivity contribution in [1.29, 1.82) is 0 Å². The predicted octanol–water partition coefficient (Wildman–Crippen LogP) is 4.75. The molecule has 33 heavy (non-hydrogen) atoms. The Morgan fingerprint density at radius 1 is 1.00 bits per heavy atom. The summed E-state index contributed by atoms with van der Waals surface area (Å²) in [5.74, 6) is -0.351. The van der Waals surface area contributed by atoms with Gasteiger partial charge in [-0.25, -0.2) is 8.42 Å². The SMILES string of the molecule is CN(Cc1ccccc1NC(=O)CN1c2cccc3cccc(c23)S1(=O)=O)C1CCCCC1. The highest BCUT2D eigenvalue weighted by Gasteiger charge is 2.36. The first kappa shape index (κ1) is 21.9. The van der Waals surface area contributed by atoms with Crippen molar-refractivity contribution in [1.82, 2.24) is 4.90 Å². The second-order valence-electron chi connectivity index (χ2n) is 9.06. The molecule has 0 spiro atoms. The van der Waals surface area contributed by atoms with Gasteiger partial charge in [-0.2, -0.15) is 0 Å². The van der Waals surface area contributed by atoms with E-state index in [4.69, 9.17) is 0 Å². The minimum Gasteiger partial charge on any atom is -0.324 e. The second-order valence-corrected chi connectivity index (χ2v) is 10.9. The molecule has 0 radical (unpaired) electrons. The van der Waals surface area contributed by atoms with E-state index >= 15 is 0 Å². The minimum absolute atomic E-state index is 0.261. The van der Waals surface area contributed by atoms with Crippen molar-refractivity contribution in [2.75, 3.05) is 23.2 Å². The lowest BCUT2D eigenvalue weighted by Gasteiger charge is -2.31. The van der Waals surface area contributed by atoms with Gasteiger partial charge in [0, 0.05) is 23.7 Å². The van der Waals surface area contributed by atoms with E-state index in [9.17, 15) is 13.2 Å². The summed E-state index contributed by atoms with van der Waals surface area (Å²) in [5.41, 5.74) is 2.33. The van der Waals surface area contributed by atoms with Crippen LogP contribution in [0.4, 0.5) is 11.4 Å². The molecule has 1 fully saturated rings. The van der Waals surface area contributed by atoms with Crippen LogP contribution in [-0.2, 0) is 21.4 Å². The maximum absolute atomic E-state index is 13.2. The number of nitrogens with one attached hydrogen (secondary N) is 1. The smallest absolute Gasteiger partial charge is 0.265 e. The summed E-state index contributed by atoms with van der Waals surface area (Å²) < 4.78 is 27.6. The molecule has 2 aliphatic rings. The quantitative estimate of drug-likeness (QED) is 0.573. The Bertz CT molecular complexity index is 1290. The number of hydrogen-bond donors (Lipinski definition) is 1. The molecule has 0 atom stereocenters. The lowest BCUT2D eigenvalue weighted by Crippen LogP contribution is -2.36. The number of para-hydroxylation sites is 1. The van der Waals surface area contributed by atoms with Crippen LogP contribution in [-0.4, -0.2) is 38.9 Å². The number of anilines is 2. The van der Waals surface area contributed by atoms with Gasteiger partial charge in [0.25, 0.3) is 10.0 Å². The third-order valence-corrected chi connectivity index (χ3v) is 8.68. The van der Waals surface area contributed by atoms with Crippen molar-refractivity contribution >= 4 is 38.1 Å². The zero-order valence-electron chi connectivity index (χ0n) is 18.8. The van der Waals surface area contributed by atoms with Crippen LogP contribution in [0.25, 0.3) is 10.8 Å². The van der Waals surface area contributed by atoms with E-state index in [0.29, 0.717) is 17.1 Å². The molecule has 1 heterocycles. The van der Waals surface area contributed by atoms with E-state index in [1.165, 1.54) is 36.4 Å². The highest BCUT2D eigenvalue weighted by molar-refractivity contribution is 7.93. The fraction of sp³-hybridized carbons (Fsp3) is 0.346. The second kappa shape index (κ2) is 8.80. The number of carbonyl (C=O) groups excluding carboxylic acids is 1. The van der Waals surface area contributed by atoms with Crippen LogP contribution in [0, 0.1) is 0 Å². The van der Waals surface area contributed by atoms with E-state index < -0.39 is 10.0 Å². The van der Waals surface area contributed by atoms with Crippen LogP contribution in [0.1, 0.15) is 37.7 Å². The first-order valence-corrected chi connectivity index (χ1v) is 13.0. The largest absolute Gasteiger partial charge is 0.324 e. The van der Waals surface area contributed by atoms with Crippen LogP contribution in [0.3, 0.4) is 0 Å². The van der Waals surface area contributed by atoms with E-state index in [2.05, 4.69) is 17.3 Å².